The van der Waals surface area contributed by atoms with Gasteiger partial charge in [0.1, 0.15) is 0 Å². The maximum atomic E-state index is 4.21. The second-order valence-corrected chi connectivity index (χ2v) is 6.48. The first-order valence-electron chi connectivity index (χ1n) is 8.39. The summed E-state index contributed by atoms with van der Waals surface area (Å²) in [5.74, 6) is 1.77. The van der Waals surface area contributed by atoms with Gasteiger partial charge < -0.3 is 5.32 Å². The van der Waals surface area contributed by atoms with Crippen molar-refractivity contribution in [1.82, 2.24) is 30.4 Å². The molecule has 0 bridgehead atoms. The van der Waals surface area contributed by atoms with Crippen molar-refractivity contribution >= 4 is 0 Å². The third-order valence-electron chi connectivity index (χ3n) is 4.11. The molecule has 1 aromatic heterocycles. The van der Waals surface area contributed by atoms with Crippen molar-refractivity contribution in [3.63, 3.8) is 0 Å². The van der Waals surface area contributed by atoms with Crippen LogP contribution in [-0.2, 0) is 13.1 Å². The molecular weight excluding hydrogens is 264 g/mol. The van der Waals surface area contributed by atoms with Gasteiger partial charge in [0.05, 0.1) is 6.54 Å². The second-order valence-electron chi connectivity index (χ2n) is 6.48. The molecule has 0 radical (unpaired) electrons. The van der Waals surface area contributed by atoms with E-state index in [2.05, 4.69) is 46.5 Å². The summed E-state index contributed by atoms with van der Waals surface area (Å²) in [5.41, 5.74) is 0. The average Bonchev–Trinajstić information content (AvgIpc) is 2.90. The number of hydrogen-bond acceptors (Lipinski definition) is 5. The first-order valence-corrected chi connectivity index (χ1v) is 8.39. The highest BCUT2D eigenvalue weighted by Gasteiger charge is 2.21. The van der Waals surface area contributed by atoms with Gasteiger partial charge in [0, 0.05) is 19.1 Å². The Labute approximate surface area is 128 Å². The largest absolute Gasteiger partial charge is 0.314 e. The highest BCUT2D eigenvalue weighted by molar-refractivity contribution is 4.84. The fraction of sp³-hybridized carbons (Fsp3) is 0.933. The quantitative estimate of drug-likeness (QED) is 0.790. The van der Waals surface area contributed by atoms with E-state index in [1.165, 1.54) is 25.8 Å². The Morgan fingerprint density at radius 3 is 3.00 bits per heavy atom. The molecule has 2 heterocycles. The van der Waals surface area contributed by atoms with Crippen LogP contribution in [0.1, 0.15) is 52.3 Å². The van der Waals surface area contributed by atoms with Gasteiger partial charge in [0.15, 0.2) is 5.82 Å². The van der Waals surface area contributed by atoms with E-state index in [9.17, 15) is 0 Å². The van der Waals surface area contributed by atoms with Crippen LogP contribution in [0.15, 0.2) is 0 Å². The molecule has 1 aliphatic heterocycles. The Kier molecular flexibility index (Phi) is 6.57. The number of unbranched alkanes of at least 4 members (excludes halogenated alkanes) is 1. The van der Waals surface area contributed by atoms with Crippen LogP contribution in [0.5, 0.6) is 0 Å². The molecule has 1 atom stereocenters. The fourth-order valence-electron chi connectivity index (χ4n) is 2.88. The van der Waals surface area contributed by atoms with Crippen LogP contribution in [-0.4, -0.2) is 50.8 Å². The normalized spacial score (nSPS) is 20.3. The number of aryl methyl sites for hydroxylation is 1. The average molecular weight is 294 g/mol. The van der Waals surface area contributed by atoms with Crippen LogP contribution in [0.2, 0.25) is 0 Å². The molecule has 1 aromatic rings. The predicted molar refractivity (Wildman–Crippen MR) is 83.9 cm³/mol. The van der Waals surface area contributed by atoms with E-state index in [1.807, 2.05) is 4.68 Å². The maximum Gasteiger partial charge on any atom is 0.165 e. The summed E-state index contributed by atoms with van der Waals surface area (Å²) in [6.07, 6.45) is 4.92. The number of piperidine rings is 1. The summed E-state index contributed by atoms with van der Waals surface area (Å²) in [6.45, 7) is 11.9. The number of tetrazole rings is 1. The first kappa shape index (κ1) is 16.4. The lowest BCUT2D eigenvalue weighted by Gasteiger charge is -2.32. The first-order chi connectivity index (χ1) is 10.2. The zero-order valence-electron chi connectivity index (χ0n) is 13.8. The summed E-state index contributed by atoms with van der Waals surface area (Å²) in [4.78, 5) is 2.50. The molecule has 21 heavy (non-hydrogen) atoms. The molecule has 120 valence electrons. The fourth-order valence-corrected chi connectivity index (χ4v) is 2.88. The second kappa shape index (κ2) is 8.44. The zero-order valence-corrected chi connectivity index (χ0v) is 13.8. The minimum Gasteiger partial charge on any atom is -0.314 e. The van der Waals surface area contributed by atoms with Gasteiger partial charge >= 0.3 is 0 Å². The summed E-state index contributed by atoms with van der Waals surface area (Å²) in [5, 5.41) is 15.7. The lowest BCUT2D eigenvalue weighted by atomic mass is 9.98. The van der Waals surface area contributed by atoms with Crippen LogP contribution in [0.25, 0.3) is 0 Å². The molecular formula is C15H30N6. The maximum absolute atomic E-state index is 4.21. The number of rotatable bonds is 8. The number of nitrogens with one attached hydrogen (secondary N) is 1. The van der Waals surface area contributed by atoms with E-state index in [1.54, 1.807) is 0 Å². The topological polar surface area (TPSA) is 58.9 Å². The Balaban J connectivity index is 1.83. The van der Waals surface area contributed by atoms with Gasteiger partial charge in [-0.3, -0.25) is 4.90 Å². The molecule has 6 nitrogen and oxygen atoms in total. The van der Waals surface area contributed by atoms with Gasteiger partial charge in [-0.1, -0.05) is 27.2 Å². The van der Waals surface area contributed by atoms with E-state index >= 15 is 0 Å². The van der Waals surface area contributed by atoms with Gasteiger partial charge in [0.2, 0.25) is 0 Å². The van der Waals surface area contributed by atoms with Crippen molar-refractivity contribution in [2.75, 3.05) is 19.6 Å². The van der Waals surface area contributed by atoms with Crippen molar-refractivity contribution in [1.29, 1.82) is 0 Å². The molecule has 0 spiro atoms. The Morgan fingerprint density at radius 1 is 1.38 bits per heavy atom. The molecule has 0 aliphatic carbocycles. The lowest BCUT2D eigenvalue weighted by molar-refractivity contribution is 0.158. The predicted octanol–water partition coefficient (Wildman–Crippen LogP) is 1.68. The van der Waals surface area contributed by atoms with Gasteiger partial charge in [0.25, 0.3) is 0 Å². The SMILES string of the molecule is CCCCn1nnnc1CN1CCCC(CNC(C)C)C1. The van der Waals surface area contributed by atoms with Crippen molar-refractivity contribution in [2.24, 2.45) is 5.92 Å². The van der Waals surface area contributed by atoms with E-state index in [0.717, 1.165) is 44.3 Å². The molecule has 2 rings (SSSR count). The van der Waals surface area contributed by atoms with Gasteiger partial charge in [-0.05, 0) is 48.7 Å². The summed E-state index contributed by atoms with van der Waals surface area (Å²) in [7, 11) is 0. The molecule has 6 heteroatoms. The van der Waals surface area contributed by atoms with E-state index in [0.29, 0.717) is 6.04 Å². The standard InChI is InChI=1S/C15H30N6/c1-4-5-9-21-15(17-18-19-21)12-20-8-6-7-14(11-20)10-16-13(2)3/h13-14,16H,4-12H2,1-3H3. The minimum atomic E-state index is 0.571. The van der Waals surface area contributed by atoms with Crippen LogP contribution in [0.3, 0.4) is 0 Å². The van der Waals surface area contributed by atoms with E-state index < -0.39 is 0 Å². The van der Waals surface area contributed by atoms with E-state index in [4.69, 9.17) is 0 Å². The molecule has 0 aromatic carbocycles. The number of aromatic nitrogens is 4. The molecule has 1 aliphatic rings. The van der Waals surface area contributed by atoms with Crippen LogP contribution < -0.4 is 5.32 Å². The van der Waals surface area contributed by atoms with Gasteiger partial charge in [-0.2, -0.15) is 0 Å². The van der Waals surface area contributed by atoms with Gasteiger partial charge in [-0.25, -0.2) is 4.68 Å². The smallest absolute Gasteiger partial charge is 0.165 e. The molecule has 1 fully saturated rings. The van der Waals surface area contributed by atoms with Crippen LogP contribution in [0.4, 0.5) is 0 Å². The molecule has 1 N–H and O–H groups in total. The lowest BCUT2D eigenvalue weighted by Crippen LogP contribution is -2.41. The number of nitrogens with zero attached hydrogens (tertiary/aromatic N) is 5. The molecule has 0 saturated carbocycles. The zero-order chi connectivity index (χ0) is 15.1. The Bertz CT molecular complexity index is 403. The van der Waals surface area contributed by atoms with Crippen LogP contribution in [0, 0.1) is 5.92 Å². The molecule has 1 unspecified atom stereocenters. The van der Waals surface area contributed by atoms with Gasteiger partial charge in [-0.15, -0.1) is 5.10 Å². The molecule has 0 amide bonds. The third kappa shape index (κ3) is 5.36. The summed E-state index contributed by atoms with van der Waals surface area (Å²) >= 11 is 0. The van der Waals surface area contributed by atoms with Crippen molar-refractivity contribution in [3.05, 3.63) is 5.82 Å². The third-order valence-corrected chi connectivity index (χ3v) is 4.11. The van der Waals surface area contributed by atoms with Crippen molar-refractivity contribution in [2.45, 2.75) is 65.6 Å². The van der Waals surface area contributed by atoms with Crippen LogP contribution >= 0.6 is 0 Å². The van der Waals surface area contributed by atoms with Crippen molar-refractivity contribution in [3.8, 4) is 0 Å². The summed E-state index contributed by atoms with van der Waals surface area (Å²) in [6, 6.07) is 0.571. The van der Waals surface area contributed by atoms with E-state index in [-0.39, 0.29) is 0 Å². The summed E-state index contributed by atoms with van der Waals surface area (Å²) < 4.78 is 1.97. The highest BCUT2D eigenvalue weighted by Crippen LogP contribution is 2.17. The molecule has 1 saturated heterocycles. The Hall–Kier alpha value is -1.01. The Morgan fingerprint density at radius 2 is 2.24 bits per heavy atom. The highest BCUT2D eigenvalue weighted by atomic mass is 15.5. The monoisotopic (exact) mass is 294 g/mol. The number of likely N-dealkylation sites (tertiary alicyclic amines) is 1. The number of hydrogen-bond donors (Lipinski definition) is 1. The van der Waals surface area contributed by atoms with Crippen molar-refractivity contribution < 1.29 is 0 Å². The minimum absolute atomic E-state index is 0.571.